The molecule has 0 aliphatic rings. The first-order valence-electron chi connectivity index (χ1n) is 14.8. The Labute approximate surface area is 287 Å². The summed E-state index contributed by atoms with van der Waals surface area (Å²) in [5, 5.41) is 11.7. The zero-order chi connectivity index (χ0) is 33.5. The number of aromatic nitrogens is 6. The van der Waals surface area contributed by atoms with Gasteiger partial charge < -0.3 is 9.47 Å². The van der Waals surface area contributed by atoms with Gasteiger partial charge in [-0.05, 0) is 80.1 Å². The number of rotatable bonds is 9. The van der Waals surface area contributed by atoms with Crippen LogP contribution >= 0.6 is 34.3 Å². The summed E-state index contributed by atoms with van der Waals surface area (Å²) in [6.07, 6.45) is 0. The summed E-state index contributed by atoms with van der Waals surface area (Å²) in [7, 11) is 3.24. The smallest absolute Gasteiger partial charge is 0.277 e. The number of ether oxygens (including phenoxy) is 2. The third kappa shape index (κ3) is 5.68. The minimum Gasteiger partial charge on any atom is -0.497 e. The fraction of sp³-hybridized carbons (Fsp3) is 0.143. The van der Waals surface area contributed by atoms with Crippen molar-refractivity contribution < 1.29 is 9.47 Å². The van der Waals surface area contributed by atoms with Crippen molar-refractivity contribution in [2.75, 3.05) is 14.2 Å². The van der Waals surface area contributed by atoms with Crippen LogP contribution in [0.2, 0.25) is 5.02 Å². The number of aryl methyl sites for hydroxylation is 2. The number of methoxy groups -OCH3 is 2. The standard InChI is InChI=1S/C35H29ClN6O4S2/c1-19-29(32(43)41(39-19)34-37-27(17-47-34)21-7-13-25(45-3)14-8-21)31(23-5-11-24(36)12-6-23)30-20(2)40-42(33(30)44)35-38-28(18-48-35)22-9-15-26(46-4)16-10-22/h5-18,31,39-40H,1-4H3. The lowest BCUT2D eigenvalue weighted by Crippen LogP contribution is -2.25. The molecule has 4 aromatic heterocycles. The number of nitrogens with zero attached hydrogens (tertiary/aromatic N) is 4. The van der Waals surface area contributed by atoms with Crippen molar-refractivity contribution in [3.8, 4) is 44.3 Å². The monoisotopic (exact) mass is 696 g/mol. The van der Waals surface area contributed by atoms with Crippen LogP contribution in [0.25, 0.3) is 32.8 Å². The fourth-order valence-electron chi connectivity index (χ4n) is 5.72. The minimum atomic E-state index is -0.709. The lowest BCUT2D eigenvalue weighted by atomic mass is 9.85. The number of benzene rings is 3. The van der Waals surface area contributed by atoms with E-state index in [1.54, 1.807) is 26.4 Å². The molecular weight excluding hydrogens is 668 g/mol. The van der Waals surface area contributed by atoms with Gasteiger partial charge in [0.05, 0.1) is 36.7 Å². The van der Waals surface area contributed by atoms with Crippen LogP contribution in [-0.4, -0.2) is 43.7 Å². The number of H-pyrrole nitrogens is 2. The van der Waals surface area contributed by atoms with Gasteiger partial charge >= 0.3 is 0 Å². The molecule has 0 atom stereocenters. The van der Waals surface area contributed by atoms with E-state index in [2.05, 4.69) is 10.2 Å². The lowest BCUT2D eigenvalue weighted by molar-refractivity contribution is 0.415. The Morgan fingerprint density at radius 1 is 0.667 bits per heavy atom. The van der Waals surface area contributed by atoms with Crippen LogP contribution in [0, 0.1) is 13.8 Å². The van der Waals surface area contributed by atoms with Gasteiger partial charge in [0, 0.05) is 44.2 Å². The first-order valence-corrected chi connectivity index (χ1v) is 17.0. The molecule has 0 unspecified atom stereocenters. The first kappa shape index (κ1) is 31.4. The first-order chi connectivity index (χ1) is 23.2. The van der Waals surface area contributed by atoms with Crippen LogP contribution in [-0.2, 0) is 0 Å². The van der Waals surface area contributed by atoms with Gasteiger partial charge in [0.15, 0.2) is 0 Å². The number of nitrogens with one attached hydrogen (secondary N) is 2. The normalized spacial score (nSPS) is 11.4. The quantitative estimate of drug-likeness (QED) is 0.163. The van der Waals surface area contributed by atoms with Crippen molar-refractivity contribution in [1.82, 2.24) is 29.5 Å². The van der Waals surface area contributed by atoms with E-state index in [1.807, 2.05) is 85.3 Å². The number of hydrogen-bond donors (Lipinski definition) is 2. The molecule has 0 spiro atoms. The fourth-order valence-corrected chi connectivity index (χ4v) is 7.43. The van der Waals surface area contributed by atoms with Crippen molar-refractivity contribution in [2.24, 2.45) is 0 Å². The lowest BCUT2D eigenvalue weighted by Gasteiger charge is -2.16. The Morgan fingerprint density at radius 2 is 1.08 bits per heavy atom. The van der Waals surface area contributed by atoms with Gasteiger partial charge in [-0.1, -0.05) is 23.7 Å². The summed E-state index contributed by atoms with van der Waals surface area (Å²) < 4.78 is 13.4. The Morgan fingerprint density at radius 3 is 1.48 bits per heavy atom. The SMILES string of the molecule is COc1ccc(-c2csc(-n3[nH]c(C)c(C(c4ccc(Cl)cc4)c4c(C)[nH]n(-c5nc(-c6ccc(OC)cc6)cs5)c4=O)c3=O)n2)cc1. The van der Waals surface area contributed by atoms with Gasteiger partial charge in [-0.25, -0.2) is 9.97 Å². The largest absolute Gasteiger partial charge is 0.497 e. The molecule has 0 saturated heterocycles. The van der Waals surface area contributed by atoms with Crippen molar-refractivity contribution in [2.45, 2.75) is 19.8 Å². The number of hydrogen-bond acceptors (Lipinski definition) is 8. The Kier molecular flexibility index (Phi) is 8.38. The molecule has 242 valence electrons. The third-order valence-electron chi connectivity index (χ3n) is 8.15. The van der Waals surface area contributed by atoms with Crippen molar-refractivity contribution in [3.63, 3.8) is 0 Å². The van der Waals surface area contributed by atoms with E-state index >= 15 is 0 Å². The van der Waals surface area contributed by atoms with Crippen molar-refractivity contribution in [3.05, 3.63) is 137 Å². The van der Waals surface area contributed by atoms with E-state index in [9.17, 15) is 9.59 Å². The van der Waals surface area contributed by atoms with Gasteiger partial charge in [0.1, 0.15) is 11.5 Å². The molecule has 0 amide bonds. The Balaban J connectivity index is 1.31. The molecule has 4 heterocycles. The highest BCUT2D eigenvalue weighted by atomic mass is 35.5. The van der Waals surface area contributed by atoms with E-state index in [0.29, 0.717) is 37.8 Å². The van der Waals surface area contributed by atoms with Crippen LogP contribution in [0.15, 0.2) is 93.1 Å². The maximum absolute atomic E-state index is 14.3. The number of halogens is 1. The van der Waals surface area contributed by atoms with E-state index in [1.165, 1.54) is 32.0 Å². The van der Waals surface area contributed by atoms with Crippen LogP contribution in [0.1, 0.15) is 34.0 Å². The highest BCUT2D eigenvalue weighted by Gasteiger charge is 2.31. The van der Waals surface area contributed by atoms with Gasteiger partial charge in [-0.3, -0.25) is 19.8 Å². The summed E-state index contributed by atoms with van der Waals surface area (Å²) in [4.78, 5) is 38.1. The third-order valence-corrected chi connectivity index (χ3v) is 10.1. The minimum absolute atomic E-state index is 0.300. The average molecular weight is 697 g/mol. The second-order valence-electron chi connectivity index (χ2n) is 11.1. The molecule has 2 N–H and O–H groups in total. The van der Waals surface area contributed by atoms with Gasteiger partial charge in [-0.15, -0.1) is 22.7 Å². The second kappa shape index (κ2) is 12.8. The van der Waals surface area contributed by atoms with Crippen LogP contribution < -0.4 is 20.6 Å². The summed E-state index contributed by atoms with van der Waals surface area (Å²) in [5.74, 6) is 0.782. The zero-order valence-corrected chi connectivity index (χ0v) is 28.7. The summed E-state index contributed by atoms with van der Waals surface area (Å²) in [6, 6.07) is 22.4. The molecule has 10 nitrogen and oxygen atoms in total. The maximum Gasteiger partial charge on any atom is 0.277 e. The van der Waals surface area contributed by atoms with Crippen molar-refractivity contribution >= 4 is 34.3 Å². The van der Waals surface area contributed by atoms with E-state index in [4.69, 9.17) is 31.0 Å². The second-order valence-corrected chi connectivity index (χ2v) is 13.2. The Bertz CT molecular complexity index is 2200. The summed E-state index contributed by atoms with van der Waals surface area (Å²) >= 11 is 8.96. The molecule has 0 fully saturated rings. The predicted molar refractivity (Wildman–Crippen MR) is 190 cm³/mol. The molecule has 13 heteroatoms. The van der Waals surface area contributed by atoms with Crippen LogP contribution in [0.3, 0.4) is 0 Å². The average Bonchev–Trinajstić information content (AvgIpc) is 3.90. The predicted octanol–water partition coefficient (Wildman–Crippen LogP) is 7.36. The molecule has 0 saturated carbocycles. The van der Waals surface area contributed by atoms with Crippen LogP contribution in [0.4, 0.5) is 0 Å². The molecule has 0 bridgehead atoms. The molecule has 7 aromatic rings. The summed E-state index contributed by atoms with van der Waals surface area (Å²) in [5.41, 5.74) is 5.50. The highest BCUT2D eigenvalue weighted by molar-refractivity contribution is 7.12. The molecule has 0 aliphatic carbocycles. The Hall–Kier alpha value is -5.17. The molecule has 7 rings (SSSR count). The molecule has 0 aliphatic heterocycles. The number of thiazole rings is 2. The molecule has 3 aromatic carbocycles. The van der Waals surface area contributed by atoms with Gasteiger partial charge in [0.25, 0.3) is 11.1 Å². The zero-order valence-electron chi connectivity index (χ0n) is 26.3. The molecular formula is C35H29ClN6O4S2. The van der Waals surface area contributed by atoms with E-state index in [-0.39, 0.29) is 11.1 Å². The topological polar surface area (TPSA) is 120 Å². The number of aromatic amines is 2. The van der Waals surface area contributed by atoms with Crippen molar-refractivity contribution in [1.29, 1.82) is 0 Å². The van der Waals surface area contributed by atoms with E-state index < -0.39 is 5.92 Å². The highest BCUT2D eigenvalue weighted by Crippen LogP contribution is 2.34. The van der Waals surface area contributed by atoms with Crippen LogP contribution in [0.5, 0.6) is 11.5 Å². The van der Waals surface area contributed by atoms with Gasteiger partial charge in [0.2, 0.25) is 10.3 Å². The maximum atomic E-state index is 14.3. The van der Waals surface area contributed by atoms with Gasteiger partial charge in [-0.2, -0.15) is 9.36 Å². The van der Waals surface area contributed by atoms with E-state index in [0.717, 1.165) is 39.6 Å². The molecule has 48 heavy (non-hydrogen) atoms. The summed E-state index contributed by atoms with van der Waals surface area (Å²) in [6.45, 7) is 3.66. The molecule has 0 radical (unpaired) electrons.